The van der Waals surface area contributed by atoms with Gasteiger partial charge in [-0.3, -0.25) is 0 Å². The molecule has 0 radical (unpaired) electrons. The van der Waals surface area contributed by atoms with Crippen LogP contribution in [0.25, 0.3) is 0 Å². The lowest BCUT2D eigenvalue weighted by atomic mass is 9.97. The van der Waals surface area contributed by atoms with Crippen LogP contribution < -0.4 is 5.32 Å². The van der Waals surface area contributed by atoms with E-state index in [0.29, 0.717) is 16.6 Å². The number of nitrogens with one attached hydrogen (secondary N) is 1. The van der Waals surface area contributed by atoms with Crippen molar-refractivity contribution in [1.29, 1.82) is 0 Å². The predicted octanol–water partition coefficient (Wildman–Crippen LogP) is 3.83. The second-order valence-electron chi connectivity index (χ2n) is 5.06. The molecule has 0 spiro atoms. The van der Waals surface area contributed by atoms with Crippen molar-refractivity contribution in [1.82, 2.24) is 5.32 Å². The van der Waals surface area contributed by atoms with Crippen LogP contribution in [-0.4, -0.2) is 11.7 Å². The summed E-state index contributed by atoms with van der Waals surface area (Å²) in [5, 5.41) is 13.8. The van der Waals surface area contributed by atoms with E-state index < -0.39 is 0 Å². The Morgan fingerprint density at radius 2 is 1.88 bits per heavy atom. The van der Waals surface area contributed by atoms with Gasteiger partial charge in [0.1, 0.15) is 5.75 Å². The Morgan fingerprint density at radius 1 is 1.25 bits per heavy atom. The molecule has 2 nitrogen and oxygen atoms in total. The molecular weight excluding hydrogens is 245 g/mol. The molecule has 1 aromatic rings. The van der Waals surface area contributed by atoms with Gasteiger partial charge in [-0.05, 0) is 17.5 Å². The van der Waals surface area contributed by atoms with Crippen LogP contribution in [0.3, 0.4) is 0 Å². The molecule has 16 heavy (non-hydrogen) atoms. The summed E-state index contributed by atoms with van der Waals surface area (Å²) in [5.41, 5.74) is 0.930. The smallest absolute Gasteiger partial charge is 0.138 e. The van der Waals surface area contributed by atoms with Crippen molar-refractivity contribution in [3.63, 3.8) is 0 Å². The molecule has 1 rings (SSSR count). The van der Waals surface area contributed by atoms with Crippen molar-refractivity contribution in [3.05, 3.63) is 27.7 Å². The summed E-state index contributed by atoms with van der Waals surface area (Å²) in [4.78, 5) is 0. The second-order valence-corrected chi connectivity index (χ2v) is 5.90. The van der Waals surface area contributed by atoms with E-state index in [1.165, 1.54) is 6.07 Å². The van der Waals surface area contributed by atoms with E-state index >= 15 is 0 Å². The van der Waals surface area contributed by atoms with E-state index in [9.17, 15) is 5.11 Å². The zero-order valence-corrected chi connectivity index (χ0v) is 11.3. The van der Waals surface area contributed by atoms with Gasteiger partial charge >= 0.3 is 0 Å². The molecule has 0 saturated carbocycles. The first-order chi connectivity index (χ1) is 7.29. The molecule has 1 aromatic carbocycles. The maximum absolute atomic E-state index is 9.72. The molecule has 0 atom stereocenters. The van der Waals surface area contributed by atoms with Crippen molar-refractivity contribution in [2.45, 2.75) is 27.3 Å². The van der Waals surface area contributed by atoms with Crippen molar-refractivity contribution in [3.8, 4) is 5.75 Å². The third kappa shape index (κ3) is 4.20. The van der Waals surface area contributed by atoms with Crippen LogP contribution in [0.1, 0.15) is 26.3 Å². The van der Waals surface area contributed by atoms with Crippen LogP contribution in [0.2, 0.25) is 10.0 Å². The molecule has 0 aliphatic heterocycles. The van der Waals surface area contributed by atoms with Gasteiger partial charge in [0.2, 0.25) is 0 Å². The van der Waals surface area contributed by atoms with Crippen LogP contribution in [0, 0.1) is 5.41 Å². The van der Waals surface area contributed by atoms with Gasteiger partial charge in [-0.15, -0.1) is 0 Å². The maximum atomic E-state index is 9.72. The number of rotatable bonds is 3. The first kappa shape index (κ1) is 13.6. The maximum Gasteiger partial charge on any atom is 0.138 e. The highest BCUT2D eigenvalue weighted by molar-refractivity contribution is 6.35. The van der Waals surface area contributed by atoms with Crippen LogP contribution in [-0.2, 0) is 6.54 Å². The van der Waals surface area contributed by atoms with E-state index in [4.69, 9.17) is 23.2 Å². The molecule has 0 saturated heterocycles. The number of halogens is 2. The molecule has 0 fully saturated rings. The highest BCUT2D eigenvalue weighted by Crippen LogP contribution is 2.31. The molecule has 4 heteroatoms. The largest absolute Gasteiger partial charge is 0.506 e. The third-order valence-electron chi connectivity index (χ3n) is 2.08. The lowest BCUT2D eigenvalue weighted by Crippen LogP contribution is -2.26. The summed E-state index contributed by atoms with van der Waals surface area (Å²) in [7, 11) is 0. The molecule has 0 aromatic heterocycles. The van der Waals surface area contributed by atoms with Crippen molar-refractivity contribution in [2.75, 3.05) is 6.54 Å². The van der Waals surface area contributed by atoms with Crippen LogP contribution in [0.4, 0.5) is 0 Å². The number of hydrogen-bond acceptors (Lipinski definition) is 2. The number of phenols is 1. The number of aromatic hydroxyl groups is 1. The first-order valence-electron chi connectivity index (χ1n) is 5.17. The standard InChI is InChI=1S/C12H17Cl2NO/c1-12(2,3)7-15-6-8-4-9(13)5-10(14)11(8)16/h4-5,15-16H,6-7H2,1-3H3. The van der Waals surface area contributed by atoms with Crippen molar-refractivity contribution < 1.29 is 5.11 Å². The highest BCUT2D eigenvalue weighted by Gasteiger charge is 2.11. The fraction of sp³-hybridized carbons (Fsp3) is 0.500. The monoisotopic (exact) mass is 261 g/mol. The minimum atomic E-state index is 0.104. The molecule has 0 aliphatic carbocycles. The summed E-state index contributed by atoms with van der Waals surface area (Å²) >= 11 is 11.7. The first-order valence-corrected chi connectivity index (χ1v) is 5.93. The molecule has 2 N–H and O–H groups in total. The van der Waals surface area contributed by atoms with Crippen molar-refractivity contribution >= 4 is 23.2 Å². The Kier molecular flexibility index (Phi) is 4.48. The van der Waals surface area contributed by atoms with Gasteiger partial charge in [0.05, 0.1) is 5.02 Å². The van der Waals surface area contributed by atoms with E-state index in [-0.39, 0.29) is 11.2 Å². The van der Waals surface area contributed by atoms with Gasteiger partial charge < -0.3 is 10.4 Å². The minimum Gasteiger partial charge on any atom is -0.506 e. The number of phenolic OH excluding ortho intramolecular Hbond substituents is 1. The molecule has 0 heterocycles. The molecule has 0 unspecified atom stereocenters. The SMILES string of the molecule is CC(C)(C)CNCc1cc(Cl)cc(Cl)c1O. The molecule has 90 valence electrons. The Morgan fingerprint density at radius 3 is 2.44 bits per heavy atom. The van der Waals surface area contributed by atoms with E-state index in [1.54, 1.807) is 6.07 Å². The van der Waals surface area contributed by atoms with E-state index in [0.717, 1.165) is 12.1 Å². The van der Waals surface area contributed by atoms with Crippen LogP contribution in [0.15, 0.2) is 12.1 Å². The highest BCUT2D eigenvalue weighted by atomic mass is 35.5. The van der Waals surface area contributed by atoms with E-state index in [1.807, 2.05) is 0 Å². The average molecular weight is 262 g/mol. The zero-order valence-electron chi connectivity index (χ0n) is 9.77. The summed E-state index contributed by atoms with van der Waals surface area (Å²) in [5.74, 6) is 0.104. The molecular formula is C12H17Cl2NO. The van der Waals surface area contributed by atoms with Gasteiger partial charge in [0.15, 0.2) is 0 Å². The Labute approximate surface area is 107 Å². The van der Waals surface area contributed by atoms with Gasteiger partial charge in [-0.2, -0.15) is 0 Å². The summed E-state index contributed by atoms with van der Waals surface area (Å²) in [6.45, 7) is 7.85. The summed E-state index contributed by atoms with van der Waals surface area (Å²) in [6, 6.07) is 3.25. The molecule has 0 amide bonds. The Hall–Kier alpha value is -0.440. The molecule has 0 aliphatic rings. The fourth-order valence-electron chi connectivity index (χ4n) is 1.33. The minimum absolute atomic E-state index is 0.104. The van der Waals surface area contributed by atoms with Gasteiger partial charge in [-0.1, -0.05) is 44.0 Å². The van der Waals surface area contributed by atoms with Gasteiger partial charge in [0, 0.05) is 23.7 Å². The van der Waals surface area contributed by atoms with Gasteiger partial charge in [-0.25, -0.2) is 0 Å². The topological polar surface area (TPSA) is 32.3 Å². The Balaban J connectivity index is 2.67. The van der Waals surface area contributed by atoms with Crippen LogP contribution >= 0.6 is 23.2 Å². The van der Waals surface area contributed by atoms with E-state index in [2.05, 4.69) is 26.1 Å². The third-order valence-corrected chi connectivity index (χ3v) is 2.58. The predicted molar refractivity (Wildman–Crippen MR) is 69.3 cm³/mol. The Bertz CT molecular complexity index is 372. The normalized spacial score (nSPS) is 11.8. The fourth-order valence-corrected chi connectivity index (χ4v) is 1.86. The summed E-state index contributed by atoms with van der Waals surface area (Å²) in [6.07, 6.45) is 0. The zero-order chi connectivity index (χ0) is 12.3. The lowest BCUT2D eigenvalue weighted by Gasteiger charge is -2.19. The number of hydrogen-bond donors (Lipinski definition) is 2. The average Bonchev–Trinajstić information content (AvgIpc) is 2.11. The quantitative estimate of drug-likeness (QED) is 0.867. The molecule has 0 bridgehead atoms. The van der Waals surface area contributed by atoms with Crippen LogP contribution in [0.5, 0.6) is 5.75 Å². The van der Waals surface area contributed by atoms with Crippen molar-refractivity contribution in [2.24, 2.45) is 5.41 Å². The summed E-state index contributed by atoms with van der Waals surface area (Å²) < 4.78 is 0. The second kappa shape index (κ2) is 5.26. The lowest BCUT2D eigenvalue weighted by molar-refractivity contribution is 0.376. The number of benzene rings is 1. The van der Waals surface area contributed by atoms with Gasteiger partial charge in [0.25, 0.3) is 0 Å².